The molecule has 0 spiro atoms. The van der Waals surface area contributed by atoms with Crippen LogP contribution in [0.4, 0.5) is 4.79 Å². The van der Waals surface area contributed by atoms with Crippen molar-refractivity contribution < 1.29 is 23.5 Å². The second kappa shape index (κ2) is 10.2. The zero-order chi connectivity index (χ0) is 20.6. The molecular weight excluding hydrogens is 428 g/mol. The van der Waals surface area contributed by atoms with Gasteiger partial charge in [0.15, 0.2) is 5.76 Å². The molecular formula is C20H25BrN2O5. The molecule has 28 heavy (non-hydrogen) atoms. The molecule has 0 aliphatic rings. The van der Waals surface area contributed by atoms with E-state index in [0.717, 1.165) is 4.47 Å². The monoisotopic (exact) mass is 452 g/mol. The van der Waals surface area contributed by atoms with Crippen molar-refractivity contribution in [3.63, 3.8) is 0 Å². The lowest BCUT2D eigenvalue weighted by Crippen LogP contribution is -2.34. The summed E-state index contributed by atoms with van der Waals surface area (Å²) in [6.45, 7) is 6.44. The van der Waals surface area contributed by atoms with Gasteiger partial charge in [0.25, 0.3) is 5.91 Å². The second-order valence-corrected chi connectivity index (χ2v) is 7.96. The number of nitrogens with one attached hydrogen (secondary N) is 2. The molecule has 2 amide bonds. The van der Waals surface area contributed by atoms with E-state index in [1.807, 2.05) is 24.3 Å². The summed E-state index contributed by atoms with van der Waals surface area (Å²) in [6.07, 6.45) is 0.103. The summed E-state index contributed by atoms with van der Waals surface area (Å²) in [5.74, 6) is 1.17. The van der Waals surface area contributed by atoms with Gasteiger partial charge in [0.2, 0.25) is 0 Å². The topological polar surface area (TPSA) is 89.8 Å². The van der Waals surface area contributed by atoms with Gasteiger partial charge in [-0.2, -0.15) is 0 Å². The van der Waals surface area contributed by atoms with Crippen LogP contribution in [-0.4, -0.2) is 30.7 Å². The van der Waals surface area contributed by atoms with E-state index in [9.17, 15) is 9.59 Å². The van der Waals surface area contributed by atoms with Crippen molar-refractivity contribution in [1.29, 1.82) is 0 Å². The third-order valence-electron chi connectivity index (χ3n) is 3.39. The van der Waals surface area contributed by atoms with Crippen molar-refractivity contribution in [2.24, 2.45) is 0 Å². The summed E-state index contributed by atoms with van der Waals surface area (Å²) in [5, 5.41) is 5.38. The number of ether oxygens (including phenoxy) is 2. The standard InChI is InChI=1S/C20H25BrN2O5/c1-20(2,3)28-19(25)23-12-4-11-22-18(24)17-10-9-16(27-17)13-26-15-7-5-14(21)6-8-15/h5-10H,4,11-13H2,1-3H3,(H,22,24)(H,23,25). The molecule has 0 bridgehead atoms. The maximum absolute atomic E-state index is 12.1. The fourth-order valence-electron chi connectivity index (χ4n) is 2.14. The van der Waals surface area contributed by atoms with Crippen LogP contribution in [0.25, 0.3) is 0 Å². The van der Waals surface area contributed by atoms with Gasteiger partial charge in [0, 0.05) is 17.6 Å². The van der Waals surface area contributed by atoms with Crippen LogP contribution < -0.4 is 15.4 Å². The lowest BCUT2D eigenvalue weighted by atomic mass is 10.2. The third-order valence-corrected chi connectivity index (χ3v) is 3.92. The Morgan fingerprint density at radius 2 is 1.71 bits per heavy atom. The summed E-state index contributed by atoms with van der Waals surface area (Å²) in [6, 6.07) is 10.8. The number of rotatable bonds is 8. The van der Waals surface area contributed by atoms with Gasteiger partial charge >= 0.3 is 6.09 Å². The summed E-state index contributed by atoms with van der Waals surface area (Å²) in [7, 11) is 0. The Bertz CT molecular complexity index is 781. The number of alkyl carbamates (subject to hydrolysis) is 1. The summed E-state index contributed by atoms with van der Waals surface area (Å²) < 4.78 is 17.2. The van der Waals surface area contributed by atoms with Crippen LogP contribution in [-0.2, 0) is 11.3 Å². The zero-order valence-corrected chi connectivity index (χ0v) is 17.8. The van der Waals surface area contributed by atoms with E-state index >= 15 is 0 Å². The second-order valence-electron chi connectivity index (χ2n) is 7.05. The van der Waals surface area contributed by atoms with Crippen LogP contribution in [0.5, 0.6) is 5.75 Å². The summed E-state index contributed by atoms with van der Waals surface area (Å²) in [4.78, 5) is 23.6. The predicted molar refractivity (Wildman–Crippen MR) is 108 cm³/mol. The molecule has 0 radical (unpaired) electrons. The average Bonchev–Trinajstić information content (AvgIpc) is 3.08. The minimum atomic E-state index is -0.531. The number of amides is 2. The lowest BCUT2D eigenvalue weighted by Gasteiger charge is -2.19. The predicted octanol–water partition coefficient (Wildman–Crippen LogP) is 4.27. The minimum absolute atomic E-state index is 0.217. The van der Waals surface area contributed by atoms with Crippen molar-refractivity contribution in [3.05, 3.63) is 52.4 Å². The molecule has 2 aromatic rings. The highest BCUT2D eigenvalue weighted by atomic mass is 79.9. The van der Waals surface area contributed by atoms with E-state index in [0.29, 0.717) is 31.0 Å². The summed E-state index contributed by atoms with van der Waals surface area (Å²) in [5.41, 5.74) is -0.531. The molecule has 152 valence electrons. The molecule has 0 atom stereocenters. The van der Waals surface area contributed by atoms with E-state index in [1.54, 1.807) is 32.9 Å². The Hall–Kier alpha value is -2.48. The number of furan rings is 1. The van der Waals surface area contributed by atoms with Crippen LogP contribution in [0.15, 0.2) is 45.3 Å². The fraction of sp³-hybridized carbons (Fsp3) is 0.400. The van der Waals surface area contributed by atoms with Gasteiger partial charge in [-0.05, 0) is 63.6 Å². The molecule has 0 unspecified atom stereocenters. The van der Waals surface area contributed by atoms with Crippen LogP contribution in [0.3, 0.4) is 0 Å². The Morgan fingerprint density at radius 3 is 2.39 bits per heavy atom. The van der Waals surface area contributed by atoms with E-state index in [-0.39, 0.29) is 18.3 Å². The Kier molecular flexibility index (Phi) is 7.92. The molecule has 0 saturated heterocycles. The smallest absolute Gasteiger partial charge is 0.407 e. The number of carbonyl (C=O) groups is 2. The molecule has 0 fully saturated rings. The van der Waals surface area contributed by atoms with Crippen molar-refractivity contribution in [2.45, 2.75) is 39.4 Å². The molecule has 0 saturated carbocycles. The molecule has 0 aliphatic heterocycles. The van der Waals surface area contributed by atoms with Gasteiger partial charge in [0.05, 0.1) is 0 Å². The SMILES string of the molecule is CC(C)(C)OC(=O)NCCCNC(=O)c1ccc(COc2ccc(Br)cc2)o1. The fourth-order valence-corrected chi connectivity index (χ4v) is 2.41. The van der Waals surface area contributed by atoms with Gasteiger partial charge in [-0.25, -0.2) is 4.79 Å². The van der Waals surface area contributed by atoms with Crippen molar-refractivity contribution in [3.8, 4) is 5.75 Å². The first kappa shape index (κ1) is 21.8. The molecule has 2 N–H and O–H groups in total. The quantitative estimate of drug-likeness (QED) is 0.583. The maximum Gasteiger partial charge on any atom is 0.407 e. The van der Waals surface area contributed by atoms with Gasteiger partial charge in [-0.3, -0.25) is 4.79 Å². The number of carbonyl (C=O) groups excluding carboxylic acids is 2. The van der Waals surface area contributed by atoms with Gasteiger partial charge in [-0.15, -0.1) is 0 Å². The van der Waals surface area contributed by atoms with Crippen LogP contribution in [0, 0.1) is 0 Å². The Labute approximate surface area is 172 Å². The molecule has 1 aromatic heterocycles. The van der Waals surface area contributed by atoms with Crippen molar-refractivity contribution in [1.82, 2.24) is 10.6 Å². The maximum atomic E-state index is 12.1. The van der Waals surface area contributed by atoms with Crippen LogP contribution in [0.2, 0.25) is 0 Å². The Morgan fingerprint density at radius 1 is 1.04 bits per heavy atom. The van der Waals surface area contributed by atoms with Gasteiger partial charge in [-0.1, -0.05) is 15.9 Å². The van der Waals surface area contributed by atoms with E-state index < -0.39 is 11.7 Å². The Balaban J connectivity index is 1.66. The van der Waals surface area contributed by atoms with Gasteiger partial charge in [0.1, 0.15) is 23.7 Å². The molecule has 2 rings (SSSR count). The van der Waals surface area contributed by atoms with Crippen molar-refractivity contribution >= 4 is 27.9 Å². The highest BCUT2D eigenvalue weighted by Gasteiger charge is 2.15. The number of hydrogen-bond acceptors (Lipinski definition) is 5. The number of hydrogen-bond donors (Lipinski definition) is 2. The van der Waals surface area contributed by atoms with Gasteiger partial charge < -0.3 is 24.5 Å². The zero-order valence-electron chi connectivity index (χ0n) is 16.2. The summed E-state index contributed by atoms with van der Waals surface area (Å²) >= 11 is 3.36. The normalized spacial score (nSPS) is 11.0. The van der Waals surface area contributed by atoms with Crippen LogP contribution >= 0.6 is 15.9 Å². The molecule has 7 nitrogen and oxygen atoms in total. The lowest BCUT2D eigenvalue weighted by molar-refractivity contribution is 0.0527. The highest BCUT2D eigenvalue weighted by Crippen LogP contribution is 2.18. The largest absolute Gasteiger partial charge is 0.486 e. The third kappa shape index (κ3) is 8.04. The number of halogens is 1. The molecule has 0 aliphatic carbocycles. The molecule has 1 aromatic carbocycles. The van der Waals surface area contributed by atoms with E-state index in [2.05, 4.69) is 26.6 Å². The number of benzene rings is 1. The minimum Gasteiger partial charge on any atom is -0.486 e. The average molecular weight is 453 g/mol. The highest BCUT2D eigenvalue weighted by molar-refractivity contribution is 9.10. The molecule has 8 heteroatoms. The first-order valence-corrected chi connectivity index (χ1v) is 9.74. The first-order chi connectivity index (χ1) is 13.2. The van der Waals surface area contributed by atoms with E-state index in [4.69, 9.17) is 13.9 Å². The van der Waals surface area contributed by atoms with Crippen LogP contribution in [0.1, 0.15) is 43.5 Å². The van der Waals surface area contributed by atoms with Crippen molar-refractivity contribution in [2.75, 3.05) is 13.1 Å². The molecule has 1 heterocycles. The first-order valence-electron chi connectivity index (χ1n) is 8.95. The van der Waals surface area contributed by atoms with E-state index in [1.165, 1.54) is 0 Å².